The molecule has 1 N–H and O–H groups in total. The number of hydrogen-bond donors (Lipinski definition) is 1. The molecule has 0 radical (unpaired) electrons. The van der Waals surface area contributed by atoms with Crippen LogP contribution < -0.4 is 5.32 Å². The lowest BCUT2D eigenvalue weighted by Crippen LogP contribution is -2.34. The summed E-state index contributed by atoms with van der Waals surface area (Å²) in [6.45, 7) is 1.91. The highest BCUT2D eigenvalue weighted by Crippen LogP contribution is 2.29. The highest BCUT2D eigenvalue weighted by molar-refractivity contribution is 8.00. The third-order valence-corrected chi connectivity index (χ3v) is 5.41. The van der Waals surface area contributed by atoms with Gasteiger partial charge in [0.25, 0.3) is 0 Å². The zero-order chi connectivity index (χ0) is 16.2. The van der Waals surface area contributed by atoms with E-state index in [1.165, 1.54) is 29.3 Å². The molecule has 1 aromatic carbocycles. The summed E-state index contributed by atoms with van der Waals surface area (Å²) in [5.74, 6) is 0.0553. The molecule has 1 heterocycles. The maximum Gasteiger partial charge on any atom is 0.233 e. The smallest absolute Gasteiger partial charge is 0.233 e. The molecule has 0 aliphatic heterocycles. The van der Waals surface area contributed by atoms with Crippen LogP contribution in [0, 0.1) is 0 Å². The van der Waals surface area contributed by atoms with Gasteiger partial charge in [0.15, 0.2) is 5.16 Å². The quantitative estimate of drug-likeness (QED) is 0.692. The highest BCUT2D eigenvalue weighted by Gasteiger charge is 2.23. The Labute approximate surface area is 140 Å². The van der Waals surface area contributed by atoms with E-state index in [-0.39, 0.29) is 17.2 Å². The zero-order valence-corrected chi connectivity index (χ0v) is 14.3. The van der Waals surface area contributed by atoms with Gasteiger partial charge in [-0.25, -0.2) is 0 Å². The maximum atomic E-state index is 12.6. The van der Waals surface area contributed by atoms with Crippen LogP contribution in [0.5, 0.6) is 0 Å². The second-order valence-electron chi connectivity index (χ2n) is 5.99. The van der Waals surface area contributed by atoms with Crippen molar-refractivity contribution in [1.29, 1.82) is 0 Å². The van der Waals surface area contributed by atoms with Gasteiger partial charge in [-0.15, -0.1) is 10.2 Å². The molecule has 6 heteroatoms. The van der Waals surface area contributed by atoms with Crippen molar-refractivity contribution in [2.24, 2.45) is 7.05 Å². The molecule has 0 saturated carbocycles. The van der Waals surface area contributed by atoms with Gasteiger partial charge in [0.05, 0.1) is 11.3 Å². The summed E-state index contributed by atoms with van der Waals surface area (Å²) in [6, 6.07) is 8.57. The molecule has 0 saturated heterocycles. The fourth-order valence-corrected chi connectivity index (χ4v) is 3.75. The van der Waals surface area contributed by atoms with Gasteiger partial charge in [0.1, 0.15) is 6.33 Å². The first kappa shape index (κ1) is 16.1. The van der Waals surface area contributed by atoms with Gasteiger partial charge in [0.2, 0.25) is 5.91 Å². The Morgan fingerprint density at radius 1 is 1.39 bits per heavy atom. The van der Waals surface area contributed by atoms with Gasteiger partial charge in [0, 0.05) is 7.05 Å². The Kier molecular flexibility index (Phi) is 5.00. The minimum absolute atomic E-state index is 0.0553. The molecule has 0 fully saturated rings. The van der Waals surface area contributed by atoms with Crippen LogP contribution in [0.3, 0.4) is 0 Å². The van der Waals surface area contributed by atoms with E-state index in [1.807, 2.05) is 18.5 Å². The predicted octanol–water partition coefficient (Wildman–Crippen LogP) is 2.88. The van der Waals surface area contributed by atoms with Crippen LogP contribution in [-0.2, 0) is 18.3 Å². The lowest BCUT2D eigenvalue weighted by atomic mass is 9.99. The molecular formula is C17H22N4OS. The van der Waals surface area contributed by atoms with E-state index in [4.69, 9.17) is 0 Å². The zero-order valence-electron chi connectivity index (χ0n) is 13.5. The number of aromatic nitrogens is 3. The number of benzene rings is 1. The monoisotopic (exact) mass is 330 g/mol. The molecule has 122 valence electrons. The van der Waals surface area contributed by atoms with E-state index < -0.39 is 0 Å². The van der Waals surface area contributed by atoms with E-state index in [9.17, 15) is 4.79 Å². The van der Waals surface area contributed by atoms with Crippen molar-refractivity contribution in [3.05, 3.63) is 41.7 Å². The summed E-state index contributed by atoms with van der Waals surface area (Å²) >= 11 is 1.44. The first-order valence-corrected chi connectivity index (χ1v) is 8.92. The number of thioether (sulfide) groups is 1. The molecular weight excluding hydrogens is 308 g/mol. The lowest BCUT2D eigenvalue weighted by Gasteiger charge is -2.21. The number of fused-ring (bicyclic) bond motifs is 1. The number of rotatable bonds is 4. The molecule has 3 rings (SSSR count). The molecule has 5 nitrogen and oxygen atoms in total. The number of hydrogen-bond acceptors (Lipinski definition) is 4. The van der Waals surface area contributed by atoms with Gasteiger partial charge >= 0.3 is 0 Å². The number of nitrogens with one attached hydrogen (secondary N) is 1. The molecule has 2 aromatic rings. The van der Waals surface area contributed by atoms with E-state index >= 15 is 0 Å². The first-order valence-electron chi connectivity index (χ1n) is 8.04. The summed E-state index contributed by atoms with van der Waals surface area (Å²) in [6.07, 6.45) is 6.08. The van der Waals surface area contributed by atoms with Crippen molar-refractivity contribution in [2.45, 2.75) is 49.1 Å². The minimum atomic E-state index is -0.201. The van der Waals surface area contributed by atoms with E-state index in [0.29, 0.717) is 0 Å². The Bertz CT molecular complexity index is 685. The van der Waals surface area contributed by atoms with Gasteiger partial charge in [-0.2, -0.15) is 0 Å². The predicted molar refractivity (Wildman–Crippen MR) is 91.2 cm³/mol. The average Bonchev–Trinajstić information content (AvgIpc) is 2.84. The fourth-order valence-electron chi connectivity index (χ4n) is 2.95. The minimum Gasteiger partial charge on any atom is -0.348 e. The van der Waals surface area contributed by atoms with Crippen molar-refractivity contribution in [2.75, 3.05) is 0 Å². The lowest BCUT2D eigenvalue weighted by molar-refractivity contribution is -0.121. The van der Waals surface area contributed by atoms with Crippen molar-refractivity contribution in [1.82, 2.24) is 20.1 Å². The van der Waals surface area contributed by atoms with Crippen LogP contribution in [0.15, 0.2) is 35.7 Å². The molecule has 1 amide bonds. The second-order valence-corrected chi connectivity index (χ2v) is 7.30. The molecule has 2 unspecified atom stereocenters. The second kappa shape index (κ2) is 7.17. The average molecular weight is 330 g/mol. The molecule has 1 aromatic heterocycles. The molecule has 2 atom stereocenters. The summed E-state index contributed by atoms with van der Waals surface area (Å²) in [7, 11) is 1.88. The number of amides is 1. The number of aryl methyl sites for hydroxylation is 2. The molecule has 0 bridgehead atoms. The normalized spacial score (nSPS) is 18.8. The van der Waals surface area contributed by atoms with E-state index in [0.717, 1.165) is 24.4 Å². The Morgan fingerprint density at radius 2 is 2.22 bits per heavy atom. The summed E-state index contributed by atoms with van der Waals surface area (Å²) in [5, 5.41) is 11.7. The Balaban J connectivity index is 1.68. The molecule has 1 aliphatic carbocycles. The van der Waals surface area contributed by atoms with Crippen molar-refractivity contribution in [3.63, 3.8) is 0 Å². The fraction of sp³-hybridized carbons (Fsp3) is 0.471. The largest absolute Gasteiger partial charge is 0.348 e. The molecule has 1 aliphatic rings. The van der Waals surface area contributed by atoms with Crippen LogP contribution >= 0.6 is 11.8 Å². The van der Waals surface area contributed by atoms with Crippen LogP contribution in [0.2, 0.25) is 0 Å². The third-order valence-electron chi connectivity index (χ3n) is 4.26. The number of nitrogens with zero attached hydrogens (tertiary/aromatic N) is 3. The van der Waals surface area contributed by atoms with Crippen LogP contribution in [0.4, 0.5) is 0 Å². The van der Waals surface area contributed by atoms with Crippen molar-refractivity contribution in [3.8, 4) is 0 Å². The third kappa shape index (κ3) is 3.75. The molecule has 0 spiro atoms. The summed E-state index contributed by atoms with van der Waals surface area (Å²) < 4.78 is 1.83. The summed E-state index contributed by atoms with van der Waals surface area (Å²) in [5.41, 5.74) is 2.64. The Morgan fingerprint density at radius 3 is 3.00 bits per heavy atom. The van der Waals surface area contributed by atoms with Gasteiger partial charge in [-0.05, 0) is 37.3 Å². The van der Waals surface area contributed by atoms with Crippen LogP contribution in [0.25, 0.3) is 0 Å². The maximum absolute atomic E-state index is 12.6. The first-order chi connectivity index (χ1) is 11.1. The van der Waals surface area contributed by atoms with Crippen molar-refractivity contribution < 1.29 is 4.79 Å². The highest BCUT2D eigenvalue weighted by atomic mass is 32.2. The summed E-state index contributed by atoms with van der Waals surface area (Å²) in [4.78, 5) is 12.6. The standard InChI is InChI=1S/C17H22N4OS/c1-12(23-17-20-18-11-21(17)2)16(22)19-15-10-6-4-8-13-7-3-5-9-14(13)15/h3,5,7,9,11-12,15H,4,6,8,10H2,1-2H3,(H,19,22). The molecule has 23 heavy (non-hydrogen) atoms. The van der Waals surface area contributed by atoms with Crippen molar-refractivity contribution >= 4 is 17.7 Å². The van der Waals surface area contributed by atoms with E-state index in [1.54, 1.807) is 6.33 Å². The van der Waals surface area contributed by atoms with E-state index in [2.05, 4.69) is 39.8 Å². The van der Waals surface area contributed by atoms with Gasteiger partial charge in [-0.3, -0.25) is 4.79 Å². The number of carbonyl (C=O) groups excluding carboxylic acids is 1. The van der Waals surface area contributed by atoms with Crippen LogP contribution in [0.1, 0.15) is 43.4 Å². The number of carbonyl (C=O) groups is 1. The SMILES string of the molecule is CC(Sc1nncn1C)C(=O)NC1CCCCc2ccccc21. The van der Waals surface area contributed by atoms with Crippen LogP contribution in [-0.4, -0.2) is 25.9 Å². The van der Waals surface area contributed by atoms with Gasteiger partial charge < -0.3 is 9.88 Å². The van der Waals surface area contributed by atoms with Gasteiger partial charge in [-0.1, -0.05) is 42.4 Å². The topological polar surface area (TPSA) is 59.8 Å². The Hall–Kier alpha value is -1.82.